The monoisotopic (exact) mass is 224 g/mol. The summed E-state index contributed by atoms with van der Waals surface area (Å²) < 4.78 is 0. The van der Waals surface area contributed by atoms with Crippen LogP contribution in [0.4, 0.5) is 0 Å². The highest BCUT2D eigenvalue weighted by Gasteiger charge is 2.39. The zero-order valence-electron chi connectivity index (χ0n) is 11.0. The molecule has 1 nitrogen and oxygen atoms in total. The summed E-state index contributed by atoms with van der Waals surface area (Å²) in [7, 11) is 0. The van der Waals surface area contributed by atoms with E-state index in [1.54, 1.807) is 0 Å². The molecular formula is C15H28O. The lowest BCUT2D eigenvalue weighted by molar-refractivity contribution is -0.0461. The molecule has 0 spiro atoms. The van der Waals surface area contributed by atoms with Crippen LogP contribution in [0.5, 0.6) is 0 Å². The zero-order valence-corrected chi connectivity index (χ0v) is 11.0. The lowest BCUT2D eigenvalue weighted by Crippen LogP contribution is -2.41. The SMILES string of the molecule is CC1CCCC(C(O)C2(C)CCCCC2)C1. The molecule has 0 aromatic rings. The van der Waals surface area contributed by atoms with E-state index in [-0.39, 0.29) is 11.5 Å². The van der Waals surface area contributed by atoms with E-state index in [0.29, 0.717) is 5.92 Å². The fourth-order valence-corrected chi connectivity index (χ4v) is 3.99. The van der Waals surface area contributed by atoms with Crippen LogP contribution in [0.3, 0.4) is 0 Å². The van der Waals surface area contributed by atoms with E-state index in [1.807, 2.05) is 0 Å². The normalized spacial score (nSPS) is 36.9. The summed E-state index contributed by atoms with van der Waals surface area (Å²) in [4.78, 5) is 0. The average Bonchev–Trinajstić information content (AvgIpc) is 2.29. The maximum atomic E-state index is 10.7. The Balaban J connectivity index is 1.96. The Morgan fingerprint density at radius 2 is 1.75 bits per heavy atom. The first-order valence-electron chi connectivity index (χ1n) is 7.30. The van der Waals surface area contributed by atoms with Gasteiger partial charge in [-0.2, -0.15) is 0 Å². The van der Waals surface area contributed by atoms with Crippen LogP contribution < -0.4 is 0 Å². The molecule has 2 rings (SSSR count). The van der Waals surface area contributed by atoms with Gasteiger partial charge in [-0.25, -0.2) is 0 Å². The van der Waals surface area contributed by atoms with Gasteiger partial charge in [-0.15, -0.1) is 0 Å². The summed E-state index contributed by atoms with van der Waals surface area (Å²) in [6.07, 6.45) is 11.7. The fraction of sp³-hybridized carbons (Fsp3) is 1.00. The third kappa shape index (κ3) is 2.61. The predicted octanol–water partition coefficient (Wildman–Crippen LogP) is 4.14. The van der Waals surface area contributed by atoms with Gasteiger partial charge >= 0.3 is 0 Å². The quantitative estimate of drug-likeness (QED) is 0.747. The Labute approximate surface area is 101 Å². The van der Waals surface area contributed by atoms with Gasteiger partial charge in [-0.1, -0.05) is 46.0 Å². The molecule has 0 aliphatic heterocycles. The molecular weight excluding hydrogens is 196 g/mol. The predicted molar refractivity (Wildman–Crippen MR) is 68.3 cm³/mol. The number of aliphatic hydroxyl groups is 1. The van der Waals surface area contributed by atoms with Gasteiger partial charge in [0.2, 0.25) is 0 Å². The van der Waals surface area contributed by atoms with Gasteiger partial charge in [-0.3, -0.25) is 0 Å². The summed E-state index contributed by atoms with van der Waals surface area (Å²) in [5.74, 6) is 1.42. The van der Waals surface area contributed by atoms with Crippen molar-refractivity contribution in [1.82, 2.24) is 0 Å². The minimum Gasteiger partial charge on any atom is -0.392 e. The molecule has 0 saturated heterocycles. The van der Waals surface area contributed by atoms with Crippen molar-refractivity contribution < 1.29 is 5.11 Å². The van der Waals surface area contributed by atoms with E-state index in [9.17, 15) is 5.11 Å². The maximum absolute atomic E-state index is 10.7. The van der Waals surface area contributed by atoms with Crippen molar-refractivity contribution in [1.29, 1.82) is 0 Å². The zero-order chi connectivity index (χ0) is 11.6. The maximum Gasteiger partial charge on any atom is 0.0622 e. The molecule has 3 atom stereocenters. The third-order valence-electron chi connectivity index (χ3n) is 5.13. The second-order valence-corrected chi connectivity index (χ2v) is 6.69. The van der Waals surface area contributed by atoms with Gasteiger partial charge in [0, 0.05) is 0 Å². The van der Waals surface area contributed by atoms with E-state index in [2.05, 4.69) is 13.8 Å². The molecule has 0 bridgehead atoms. The molecule has 0 aromatic carbocycles. The summed E-state index contributed by atoms with van der Waals surface area (Å²) in [6.45, 7) is 4.68. The molecule has 2 fully saturated rings. The molecule has 0 radical (unpaired) electrons. The first-order valence-corrected chi connectivity index (χ1v) is 7.30. The minimum atomic E-state index is -0.0319. The first kappa shape index (κ1) is 12.4. The van der Waals surface area contributed by atoms with Crippen molar-refractivity contribution in [3.8, 4) is 0 Å². The van der Waals surface area contributed by atoms with Gasteiger partial charge in [0.25, 0.3) is 0 Å². The van der Waals surface area contributed by atoms with Crippen molar-refractivity contribution >= 4 is 0 Å². The molecule has 2 aliphatic rings. The van der Waals surface area contributed by atoms with Crippen molar-refractivity contribution in [2.24, 2.45) is 17.3 Å². The fourth-order valence-electron chi connectivity index (χ4n) is 3.99. The molecule has 2 aliphatic carbocycles. The van der Waals surface area contributed by atoms with Crippen LogP contribution in [0.15, 0.2) is 0 Å². The summed E-state index contributed by atoms with van der Waals surface area (Å²) in [5, 5.41) is 10.7. The number of hydrogen-bond acceptors (Lipinski definition) is 1. The van der Waals surface area contributed by atoms with Crippen molar-refractivity contribution in [2.75, 3.05) is 0 Å². The van der Waals surface area contributed by atoms with E-state index in [4.69, 9.17) is 0 Å². The van der Waals surface area contributed by atoms with Crippen LogP contribution in [0.25, 0.3) is 0 Å². The molecule has 3 unspecified atom stereocenters. The van der Waals surface area contributed by atoms with Gasteiger partial charge < -0.3 is 5.11 Å². The number of hydrogen-bond donors (Lipinski definition) is 1. The lowest BCUT2D eigenvalue weighted by atomic mass is 9.65. The van der Waals surface area contributed by atoms with Crippen LogP contribution in [0, 0.1) is 17.3 Å². The third-order valence-corrected chi connectivity index (χ3v) is 5.13. The molecule has 0 aromatic heterocycles. The summed E-state index contributed by atoms with van der Waals surface area (Å²) in [5.41, 5.74) is 0.236. The Morgan fingerprint density at radius 3 is 2.38 bits per heavy atom. The van der Waals surface area contributed by atoms with E-state index < -0.39 is 0 Å². The van der Waals surface area contributed by atoms with Gasteiger partial charge in [-0.05, 0) is 42.9 Å². The molecule has 16 heavy (non-hydrogen) atoms. The highest BCUT2D eigenvalue weighted by molar-refractivity contribution is 4.90. The average molecular weight is 224 g/mol. The highest BCUT2D eigenvalue weighted by Crippen LogP contribution is 2.44. The molecule has 1 heteroatoms. The first-order chi connectivity index (χ1) is 7.62. The standard InChI is InChI=1S/C15H28O/c1-12-7-6-8-13(11-12)14(16)15(2)9-4-3-5-10-15/h12-14,16H,3-11H2,1-2H3. The summed E-state index contributed by atoms with van der Waals surface area (Å²) >= 11 is 0. The number of rotatable bonds is 2. The van der Waals surface area contributed by atoms with Crippen molar-refractivity contribution in [2.45, 2.75) is 77.7 Å². The second kappa shape index (κ2) is 5.08. The topological polar surface area (TPSA) is 20.2 Å². The molecule has 94 valence electrons. The highest BCUT2D eigenvalue weighted by atomic mass is 16.3. The lowest BCUT2D eigenvalue weighted by Gasteiger charge is -2.43. The van der Waals surface area contributed by atoms with Gasteiger partial charge in [0.05, 0.1) is 6.10 Å². The Kier molecular flexibility index (Phi) is 3.94. The molecule has 2 saturated carbocycles. The van der Waals surface area contributed by atoms with Crippen LogP contribution >= 0.6 is 0 Å². The Bertz CT molecular complexity index is 217. The Morgan fingerprint density at radius 1 is 1.06 bits per heavy atom. The van der Waals surface area contributed by atoms with Crippen LogP contribution in [-0.2, 0) is 0 Å². The minimum absolute atomic E-state index is 0.0319. The smallest absolute Gasteiger partial charge is 0.0622 e. The van der Waals surface area contributed by atoms with E-state index >= 15 is 0 Å². The Hall–Kier alpha value is -0.0400. The van der Waals surface area contributed by atoms with Crippen molar-refractivity contribution in [3.63, 3.8) is 0 Å². The van der Waals surface area contributed by atoms with E-state index in [0.717, 1.165) is 5.92 Å². The molecule has 1 N–H and O–H groups in total. The van der Waals surface area contributed by atoms with Crippen LogP contribution in [0.1, 0.15) is 71.6 Å². The van der Waals surface area contributed by atoms with E-state index in [1.165, 1.54) is 57.8 Å². The van der Waals surface area contributed by atoms with Crippen molar-refractivity contribution in [3.05, 3.63) is 0 Å². The second-order valence-electron chi connectivity index (χ2n) is 6.69. The van der Waals surface area contributed by atoms with Crippen LogP contribution in [0.2, 0.25) is 0 Å². The largest absolute Gasteiger partial charge is 0.392 e. The van der Waals surface area contributed by atoms with Crippen LogP contribution in [-0.4, -0.2) is 11.2 Å². The molecule has 0 amide bonds. The van der Waals surface area contributed by atoms with Gasteiger partial charge in [0.15, 0.2) is 0 Å². The summed E-state index contributed by atoms with van der Waals surface area (Å²) in [6, 6.07) is 0. The van der Waals surface area contributed by atoms with Gasteiger partial charge in [0.1, 0.15) is 0 Å². The number of aliphatic hydroxyl groups excluding tert-OH is 1. The molecule has 0 heterocycles.